The Morgan fingerprint density at radius 1 is 1.00 bits per heavy atom. The monoisotopic (exact) mass is 342 g/mol. The fraction of sp³-hybridized carbons (Fsp3) is 0.524. The number of ether oxygens (including phenoxy) is 2. The van der Waals surface area contributed by atoms with Gasteiger partial charge in [0.25, 0.3) is 0 Å². The summed E-state index contributed by atoms with van der Waals surface area (Å²) >= 11 is 0. The molecule has 0 radical (unpaired) electrons. The van der Waals surface area contributed by atoms with Crippen LogP contribution in [0.1, 0.15) is 45.8 Å². The SMILES string of the molecule is C[C@H](OC(=O)[C@H]1[C@@H](C(=O)OC(C)(C)C)[C@H]2C=C[C@@H]1C2)c1ccccc1. The number of hydrogen-bond acceptors (Lipinski definition) is 4. The van der Waals surface area contributed by atoms with E-state index in [1.807, 2.05) is 70.2 Å². The number of rotatable bonds is 4. The molecule has 2 bridgehead atoms. The molecule has 0 aliphatic heterocycles. The van der Waals surface area contributed by atoms with Crippen LogP contribution in [0.3, 0.4) is 0 Å². The molecule has 0 saturated heterocycles. The number of benzene rings is 1. The second-order valence-corrected chi connectivity index (χ2v) is 8.02. The number of carbonyl (C=O) groups is 2. The van der Waals surface area contributed by atoms with Crippen LogP contribution in [0.25, 0.3) is 0 Å². The lowest BCUT2D eigenvalue weighted by molar-refractivity contribution is -0.170. The predicted molar refractivity (Wildman–Crippen MR) is 94.5 cm³/mol. The van der Waals surface area contributed by atoms with Gasteiger partial charge in [-0.3, -0.25) is 9.59 Å². The molecule has 0 heterocycles. The minimum Gasteiger partial charge on any atom is -0.460 e. The van der Waals surface area contributed by atoms with E-state index in [4.69, 9.17) is 9.47 Å². The maximum Gasteiger partial charge on any atom is 0.311 e. The average molecular weight is 342 g/mol. The van der Waals surface area contributed by atoms with E-state index >= 15 is 0 Å². The molecule has 134 valence electrons. The number of hydrogen-bond donors (Lipinski definition) is 0. The van der Waals surface area contributed by atoms with Crippen molar-refractivity contribution < 1.29 is 19.1 Å². The molecule has 1 fully saturated rings. The molecule has 1 aromatic rings. The van der Waals surface area contributed by atoms with Gasteiger partial charge in [0, 0.05) is 0 Å². The molecule has 25 heavy (non-hydrogen) atoms. The molecule has 0 amide bonds. The van der Waals surface area contributed by atoms with Crippen molar-refractivity contribution in [2.45, 2.75) is 45.8 Å². The van der Waals surface area contributed by atoms with Gasteiger partial charge in [-0.05, 0) is 51.5 Å². The van der Waals surface area contributed by atoms with Crippen LogP contribution in [-0.4, -0.2) is 17.5 Å². The van der Waals surface area contributed by atoms with Crippen LogP contribution in [0.2, 0.25) is 0 Å². The third kappa shape index (κ3) is 3.78. The molecular weight excluding hydrogens is 316 g/mol. The Hall–Kier alpha value is -2.10. The lowest BCUT2D eigenvalue weighted by Gasteiger charge is -2.29. The Balaban J connectivity index is 1.74. The van der Waals surface area contributed by atoms with Gasteiger partial charge in [-0.1, -0.05) is 42.5 Å². The molecule has 4 nitrogen and oxygen atoms in total. The zero-order valence-corrected chi connectivity index (χ0v) is 15.3. The van der Waals surface area contributed by atoms with E-state index in [-0.39, 0.29) is 29.9 Å². The Morgan fingerprint density at radius 3 is 2.12 bits per heavy atom. The first-order chi connectivity index (χ1) is 11.8. The minimum absolute atomic E-state index is 0.0676. The van der Waals surface area contributed by atoms with Crippen LogP contribution in [0.5, 0.6) is 0 Å². The third-order valence-corrected chi connectivity index (χ3v) is 4.97. The molecule has 2 aliphatic carbocycles. The summed E-state index contributed by atoms with van der Waals surface area (Å²) in [5.74, 6) is -1.34. The Bertz CT molecular complexity index is 671. The van der Waals surface area contributed by atoms with Gasteiger partial charge >= 0.3 is 11.9 Å². The largest absolute Gasteiger partial charge is 0.460 e. The molecule has 4 heteroatoms. The first kappa shape index (κ1) is 17.7. The van der Waals surface area contributed by atoms with Crippen molar-refractivity contribution in [3.05, 3.63) is 48.0 Å². The van der Waals surface area contributed by atoms with E-state index in [2.05, 4.69) is 0 Å². The fourth-order valence-corrected chi connectivity index (χ4v) is 3.88. The topological polar surface area (TPSA) is 52.6 Å². The zero-order valence-electron chi connectivity index (χ0n) is 15.3. The van der Waals surface area contributed by atoms with Gasteiger partial charge in [0.15, 0.2) is 0 Å². The van der Waals surface area contributed by atoms with E-state index in [9.17, 15) is 9.59 Å². The van der Waals surface area contributed by atoms with E-state index < -0.39 is 17.4 Å². The lowest BCUT2D eigenvalue weighted by Crippen LogP contribution is -2.38. The average Bonchev–Trinajstić information content (AvgIpc) is 3.15. The summed E-state index contributed by atoms with van der Waals surface area (Å²) in [5.41, 5.74) is 0.386. The predicted octanol–water partition coefficient (Wildman–Crippen LogP) is 4.07. The molecule has 0 N–H and O–H groups in total. The van der Waals surface area contributed by atoms with Gasteiger partial charge in [-0.25, -0.2) is 0 Å². The quantitative estimate of drug-likeness (QED) is 0.611. The maximum absolute atomic E-state index is 12.8. The summed E-state index contributed by atoms with van der Waals surface area (Å²) < 4.78 is 11.3. The summed E-state index contributed by atoms with van der Waals surface area (Å²) in [7, 11) is 0. The Labute approximate surface area is 149 Å². The smallest absolute Gasteiger partial charge is 0.311 e. The summed E-state index contributed by atoms with van der Waals surface area (Å²) in [6, 6.07) is 9.64. The lowest BCUT2D eigenvalue weighted by atomic mass is 9.83. The molecule has 1 saturated carbocycles. The van der Waals surface area contributed by atoms with E-state index in [0.29, 0.717) is 0 Å². The molecule has 2 aliphatic rings. The van der Waals surface area contributed by atoms with Gasteiger partial charge in [0.2, 0.25) is 0 Å². The van der Waals surface area contributed by atoms with E-state index in [1.165, 1.54) is 0 Å². The normalized spacial score (nSPS) is 28.6. The van der Waals surface area contributed by atoms with Crippen molar-refractivity contribution in [3.63, 3.8) is 0 Å². The molecule has 1 aromatic carbocycles. The first-order valence-corrected chi connectivity index (χ1v) is 8.93. The highest BCUT2D eigenvalue weighted by molar-refractivity contribution is 5.84. The summed E-state index contributed by atoms with van der Waals surface area (Å²) in [6.07, 6.45) is 4.58. The van der Waals surface area contributed by atoms with Crippen LogP contribution in [-0.2, 0) is 19.1 Å². The van der Waals surface area contributed by atoms with Crippen LogP contribution < -0.4 is 0 Å². The first-order valence-electron chi connectivity index (χ1n) is 8.93. The molecule has 3 rings (SSSR count). The van der Waals surface area contributed by atoms with E-state index in [0.717, 1.165) is 12.0 Å². The maximum atomic E-state index is 12.8. The van der Waals surface area contributed by atoms with Crippen molar-refractivity contribution in [2.75, 3.05) is 0 Å². The van der Waals surface area contributed by atoms with Gasteiger partial charge < -0.3 is 9.47 Å². The van der Waals surface area contributed by atoms with Gasteiger partial charge in [0.1, 0.15) is 11.7 Å². The van der Waals surface area contributed by atoms with Crippen molar-refractivity contribution in [2.24, 2.45) is 23.7 Å². The molecule has 0 spiro atoms. The Kier molecular flexibility index (Phi) is 4.72. The highest BCUT2D eigenvalue weighted by Gasteiger charge is 2.53. The van der Waals surface area contributed by atoms with Crippen LogP contribution in [0, 0.1) is 23.7 Å². The van der Waals surface area contributed by atoms with Crippen molar-refractivity contribution in [3.8, 4) is 0 Å². The highest BCUT2D eigenvalue weighted by Crippen LogP contribution is 2.49. The van der Waals surface area contributed by atoms with Gasteiger partial charge in [0.05, 0.1) is 11.8 Å². The minimum atomic E-state index is -0.561. The van der Waals surface area contributed by atoms with E-state index in [1.54, 1.807) is 0 Å². The van der Waals surface area contributed by atoms with Crippen molar-refractivity contribution >= 4 is 11.9 Å². The fourth-order valence-electron chi connectivity index (χ4n) is 3.88. The zero-order chi connectivity index (χ0) is 18.2. The molecule has 0 unspecified atom stereocenters. The standard InChI is InChI=1S/C21H26O4/c1-13(14-8-6-5-7-9-14)24-19(22)17-15-10-11-16(12-15)18(17)20(23)25-21(2,3)4/h5-11,13,15-18H,12H2,1-4H3/t13-,15+,16-,17+,18-/m0/s1. The summed E-state index contributed by atoms with van der Waals surface area (Å²) in [6.45, 7) is 7.40. The summed E-state index contributed by atoms with van der Waals surface area (Å²) in [4.78, 5) is 25.5. The Morgan fingerprint density at radius 2 is 1.56 bits per heavy atom. The number of fused-ring (bicyclic) bond motifs is 2. The van der Waals surface area contributed by atoms with Gasteiger partial charge in [-0.15, -0.1) is 0 Å². The number of esters is 2. The van der Waals surface area contributed by atoms with Gasteiger partial charge in [-0.2, -0.15) is 0 Å². The molecule has 5 atom stereocenters. The van der Waals surface area contributed by atoms with Crippen LogP contribution >= 0.6 is 0 Å². The van der Waals surface area contributed by atoms with Crippen LogP contribution in [0.15, 0.2) is 42.5 Å². The van der Waals surface area contributed by atoms with Crippen LogP contribution in [0.4, 0.5) is 0 Å². The number of carbonyl (C=O) groups excluding carboxylic acids is 2. The molecular formula is C21H26O4. The summed E-state index contributed by atoms with van der Waals surface area (Å²) in [5, 5.41) is 0. The van der Waals surface area contributed by atoms with Crippen molar-refractivity contribution in [1.82, 2.24) is 0 Å². The second kappa shape index (κ2) is 6.66. The highest BCUT2D eigenvalue weighted by atomic mass is 16.6. The second-order valence-electron chi connectivity index (χ2n) is 8.02. The molecule has 0 aromatic heterocycles. The third-order valence-electron chi connectivity index (χ3n) is 4.97. The van der Waals surface area contributed by atoms with Crippen molar-refractivity contribution in [1.29, 1.82) is 0 Å². The number of allylic oxidation sites excluding steroid dienone is 2.